The molecule has 0 bridgehead atoms. The standard InChI is InChI=1S/C29H40N2O2/c1-27(2,3)33-26(32)31-17-15-30(16-18-31)23-10-8-9-21(19-23)22-11-12-24-25(20-22)29(6,7)14-13-28(24,4)5/h8-12,19-20H,13-18H2,1-7H3. The van der Waals surface area contributed by atoms with E-state index in [1.54, 1.807) is 0 Å². The fourth-order valence-electron chi connectivity index (χ4n) is 5.12. The zero-order valence-corrected chi connectivity index (χ0v) is 21.5. The van der Waals surface area contributed by atoms with Crippen molar-refractivity contribution in [2.75, 3.05) is 31.1 Å². The van der Waals surface area contributed by atoms with Crippen molar-refractivity contribution in [3.63, 3.8) is 0 Å². The number of ether oxygens (including phenoxy) is 1. The van der Waals surface area contributed by atoms with Crippen molar-refractivity contribution in [1.82, 2.24) is 4.90 Å². The van der Waals surface area contributed by atoms with Crippen molar-refractivity contribution in [2.45, 2.75) is 77.7 Å². The van der Waals surface area contributed by atoms with Gasteiger partial charge >= 0.3 is 6.09 Å². The van der Waals surface area contributed by atoms with Crippen LogP contribution in [-0.4, -0.2) is 42.8 Å². The van der Waals surface area contributed by atoms with E-state index in [1.807, 2.05) is 25.7 Å². The second kappa shape index (κ2) is 8.38. The minimum Gasteiger partial charge on any atom is -0.444 e. The normalized spacial score (nSPS) is 19.7. The van der Waals surface area contributed by atoms with Gasteiger partial charge in [-0.3, -0.25) is 0 Å². The van der Waals surface area contributed by atoms with Crippen molar-refractivity contribution >= 4 is 11.8 Å². The molecule has 2 aliphatic rings. The number of carbonyl (C=O) groups is 1. The molecule has 0 atom stereocenters. The van der Waals surface area contributed by atoms with Gasteiger partial charge in [0.25, 0.3) is 0 Å². The second-order valence-corrected chi connectivity index (χ2v) is 12.0. The highest BCUT2D eigenvalue weighted by atomic mass is 16.6. The van der Waals surface area contributed by atoms with Crippen molar-refractivity contribution in [1.29, 1.82) is 0 Å². The molecule has 0 N–H and O–H groups in total. The van der Waals surface area contributed by atoms with E-state index in [-0.39, 0.29) is 16.9 Å². The maximum atomic E-state index is 12.4. The SMILES string of the molecule is CC(C)(C)OC(=O)N1CCN(c2cccc(-c3ccc4c(c3)C(C)(C)CCC4(C)C)c2)CC1. The summed E-state index contributed by atoms with van der Waals surface area (Å²) in [6.07, 6.45) is 2.24. The number of carbonyl (C=O) groups excluding carboxylic acids is 1. The summed E-state index contributed by atoms with van der Waals surface area (Å²) < 4.78 is 5.54. The highest BCUT2D eigenvalue weighted by molar-refractivity contribution is 5.71. The Bertz CT molecular complexity index is 1020. The Labute approximate surface area is 199 Å². The predicted octanol–water partition coefficient (Wildman–Crippen LogP) is 6.76. The summed E-state index contributed by atoms with van der Waals surface area (Å²) in [5.41, 5.74) is 6.73. The molecule has 4 heteroatoms. The van der Waals surface area contributed by atoms with Crippen molar-refractivity contribution < 1.29 is 9.53 Å². The first-order chi connectivity index (χ1) is 15.4. The van der Waals surface area contributed by atoms with Crippen molar-refractivity contribution in [3.8, 4) is 11.1 Å². The fourth-order valence-corrected chi connectivity index (χ4v) is 5.12. The van der Waals surface area contributed by atoms with Gasteiger partial charge in [-0.25, -0.2) is 4.79 Å². The molecule has 4 rings (SSSR count). The lowest BCUT2D eigenvalue weighted by atomic mass is 9.63. The molecule has 178 valence electrons. The lowest BCUT2D eigenvalue weighted by molar-refractivity contribution is 0.0240. The number of hydrogen-bond acceptors (Lipinski definition) is 3. The topological polar surface area (TPSA) is 32.8 Å². The summed E-state index contributed by atoms with van der Waals surface area (Å²) in [7, 11) is 0. The van der Waals surface area contributed by atoms with Crippen LogP contribution in [0.5, 0.6) is 0 Å². The van der Waals surface area contributed by atoms with E-state index in [0.29, 0.717) is 13.1 Å². The molecule has 2 aromatic rings. The summed E-state index contributed by atoms with van der Waals surface area (Å²) in [5.74, 6) is 0. The molecular weight excluding hydrogens is 408 g/mol. The number of piperazine rings is 1. The Morgan fingerprint density at radius 2 is 1.42 bits per heavy atom. The molecule has 0 aromatic heterocycles. The highest BCUT2D eigenvalue weighted by Gasteiger charge is 2.37. The van der Waals surface area contributed by atoms with E-state index in [2.05, 4.69) is 75.1 Å². The lowest BCUT2D eigenvalue weighted by Gasteiger charge is -2.42. The molecule has 1 aliphatic heterocycles. The molecule has 4 nitrogen and oxygen atoms in total. The third-order valence-electron chi connectivity index (χ3n) is 7.33. The molecule has 0 unspecified atom stereocenters. The van der Waals surface area contributed by atoms with E-state index in [9.17, 15) is 4.79 Å². The smallest absolute Gasteiger partial charge is 0.410 e. The van der Waals surface area contributed by atoms with Gasteiger partial charge in [0.1, 0.15) is 5.60 Å². The first-order valence-corrected chi connectivity index (χ1v) is 12.3. The van der Waals surface area contributed by atoms with Crippen LogP contribution >= 0.6 is 0 Å². The van der Waals surface area contributed by atoms with E-state index >= 15 is 0 Å². The third-order valence-corrected chi connectivity index (χ3v) is 7.33. The Kier molecular flexibility index (Phi) is 6.01. The monoisotopic (exact) mass is 448 g/mol. The van der Waals surface area contributed by atoms with Gasteiger partial charge in [0, 0.05) is 31.9 Å². The summed E-state index contributed by atoms with van der Waals surface area (Å²) >= 11 is 0. The van der Waals surface area contributed by atoms with Crippen LogP contribution < -0.4 is 4.90 Å². The largest absolute Gasteiger partial charge is 0.444 e. The van der Waals surface area contributed by atoms with Crippen LogP contribution in [0.1, 0.15) is 72.4 Å². The average Bonchev–Trinajstić information content (AvgIpc) is 2.76. The number of anilines is 1. The second-order valence-electron chi connectivity index (χ2n) is 12.0. The van der Waals surface area contributed by atoms with Gasteiger partial charge in [-0.15, -0.1) is 0 Å². The van der Waals surface area contributed by atoms with Gasteiger partial charge in [0.15, 0.2) is 0 Å². The zero-order valence-electron chi connectivity index (χ0n) is 21.5. The van der Waals surface area contributed by atoms with Crippen LogP contribution in [0.2, 0.25) is 0 Å². The molecule has 1 amide bonds. The zero-order chi connectivity index (χ0) is 24.0. The first kappa shape index (κ1) is 23.7. The Morgan fingerprint density at radius 3 is 2.06 bits per heavy atom. The predicted molar refractivity (Wildman–Crippen MR) is 137 cm³/mol. The molecule has 0 radical (unpaired) electrons. The van der Waals surface area contributed by atoms with E-state index in [1.165, 1.54) is 40.8 Å². The van der Waals surface area contributed by atoms with Crippen molar-refractivity contribution in [3.05, 3.63) is 53.6 Å². The highest BCUT2D eigenvalue weighted by Crippen LogP contribution is 2.46. The number of nitrogens with zero attached hydrogens (tertiary/aromatic N) is 2. The molecule has 1 fully saturated rings. The summed E-state index contributed by atoms with van der Waals surface area (Å²) in [6, 6.07) is 15.9. The lowest BCUT2D eigenvalue weighted by Crippen LogP contribution is -2.50. The number of benzene rings is 2. The molecule has 0 spiro atoms. The molecule has 0 saturated carbocycles. The van der Waals surface area contributed by atoms with Gasteiger partial charge < -0.3 is 14.5 Å². The van der Waals surface area contributed by atoms with Gasteiger partial charge in [-0.1, -0.05) is 58.0 Å². The fraction of sp³-hybridized carbons (Fsp3) is 0.552. The van der Waals surface area contributed by atoms with Crippen LogP contribution in [0.3, 0.4) is 0 Å². The Morgan fingerprint density at radius 1 is 0.818 bits per heavy atom. The van der Waals surface area contributed by atoms with Gasteiger partial charge in [-0.2, -0.15) is 0 Å². The molecular formula is C29H40N2O2. The number of amides is 1. The van der Waals surface area contributed by atoms with Crippen LogP contribution in [0.25, 0.3) is 11.1 Å². The van der Waals surface area contributed by atoms with E-state index < -0.39 is 5.60 Å². The summed E-state index contributed by atoms with van der Waals surface area (Å²) in [5, 5.41) is 0. The third kappa shape index (κ3) is 5.05. The van der Waals surface area contributed by atoms with Crippen LogP contribution in [-0.2, 0) is 15.6 Å². The molecule has 1 aliphatic carbocycles. The quantitative estimate of drug-likeness (QED) is 0.509. The Balaban J connectivity index is 1.52. The van der Waals surface area contributed by atoms with E-state index in [4.69, 9.17) is 4.74 Å². The minimum atomic E-state index is -0.457. The number of fused-ring (bicyclic) bond motifs is 1. The van der Waals surface area contributed by atoms with Gasteiger partial charge in [-0.05, 0) is 78.8 Å². The molecule has 1 saturated heterocycles. The summed E-state index contributed by atoms with van der Waals surface area (Å²) in [6.45, 7) is 18.2. The van der Waals surface area contributed by atoms with Crippen molar-refractivity contribution in [2.24, 2.45) is 0 Å². The summed E-state index contributed by atoms with van der Waals surface area (Å²) in [4.78, 5) is 16.6. The number of hydrogen-bond donors (Lipinski definition) is 0. The maximum Gasteiger partial charge on any atom is 0.410 e. The Hall–Kier alpha value is -2.49. The van der Waals surface area contributed by atoms with Crippen LogP contribution in [0.4, 0.5) is 10.5 Å². The van der Waals surface area contributed by atoms with Gasteiger partial charge in [0.05, 0.1) is 0 Å². The average molecular weight is 449 g/mol. The molecule has 33 heavy (non-hydrogen) atoms. The first-order valence-electron chi connectivity index (χ1n) is 12.3. The van der Waals surface area contributed by atoms with Crippen LogP contribution in [0, 0.1) is 0 Å². The van der Waals surface area contributed by atoms with Crippen LogP contribution in [0.15, 0.2) is 42.5 Å². The van der Waals surface area contributed by atoms with E-state index in [0.717, 1.165) is 13.1 Å². The molecule has 1 heterocycles. The van der Waals surface area contributed by atoms with Gasteiger partial charge in [0.2, 0.25) is 0 Å². The molecule has 2 aromatic carbocycles. The maximum absolute atomic E-state index is 12.4. The number of rotatable bonds is 2. The minimum absolute atomic E-state index is 0.205.